The summed E-state index contributed by atoms with van der Waals surface area (Å²) in [5.41, 5.74) is 1.90. The fourth-order valence-corrected chi connectivity index (χ4v) is 5.55. The van der Waals surface area contributed by atoms with Crippen molar-refractivity contribution in [3.05, 3.63) is 44.4 Å². The van der Waals surface area contributed by atoms with E-state index in [0.29, 0.717) is 23.3 Å². The van der Waals surface area contributed by atoms with Crippen molar-refractivity contribution in [1.82, 2.24) is 4.90 Å². The number of carbonyl (C=O) groups excluding carboxylic acids is 1. The summed E-state index contributed by atoms with van der Waals surface area (Å²) >= 11 is 1.72. The summed E-state index contributed by atoms with van der Waals surface area (Å²) in [7, 11) is 0. The molecule has 28 heavy (non-hydrogen) atoms. The van der Waals surface area contributed by atoms with Gasteiger partial charge < -0.3 is 4.90 Å². The molecule has 1 aliphatic rings. The van der Waals surface area contributed by atoms with Gasteiger partial charge in [-0.05, 0) is 55.2 Å². The first kappa shape index (κ1) is 21.0. The number of hydrogen-bond donors (Lipinski definition) is 0. The molecule has 1 amide bonds. The van der Waals surface area contributed by atoms with E-state index < -0.39 is 0 Å². The van der Waals surface area contributed by atoms with Crippen LogP contribution in [0.1, 0.15) is 68.3 Å². The van der Waals surface area contributed by atoms with Gasteiger partial charge in [-0.2, -0.15) is 0 Å². The number of fused-ring (bicyclic) bond motifs is 2. The highest BCUT2D eigenvalue weighted by molar-refractivity contribution is 7.18. The first-order valence-corrected chi connectivity index (χ1v) is 11.5. The Balaban J connectivity index is 1.99. The van der Waals surface area contributed by atoms with Crippen molar-refractivity contribution in [3.8, 4) is 0 Å². The van der Waals surface area contributed by atoms with Crippen LogP contribution in [-0.4, -0.2) is 23.9 Å². The normalized spacial score (nSPS) is 16.6. The van der Waals surface area contributed by atoms with Crippen molar-refractivity contribution in [2.45, 2.75) is 60.3 Å². The van der Waals surface area contributed by atoms with Crippen molar-refractivity contribution < 1.29 is 4.79 Å². The summed E-state index contributed by atoms with van der Waals surface area (Å²) in [5.74, 6) is 1.61. The largest absolute Gasteiger partial charge is 0.338 e. The molecule has 1 aromatic heterocycles. The minimum Gasteiger partial charge on any atom is -0.338 e. The molecule has 0 saturated carbocycles. The van der Waals surface area contributed by atoms with Crippen LogP contribution in [0.25, 0.3) is 10.1 Å². The summed E-state index contributed by atoms with van der Waals surface area (Å²) in [6, 6.07) is 5.67. The molecule has 1 aromatic carbocycles. The Kier molecular flexibility index (Phi) is 6.59. The van der Waals surface area contributed by atoms with Gasteiger partial charge >= 0.3 is 0 Å². The molecule has 0 fully saturated rings. The van der Waals surface area contributed by atoms with Crippen LogP contribution in [0.3, 0.4) is 0 Å². The molecular weight excluding hydrogens is 366 g/mol. The molecule has 0 N–H and O–H groups in total. The number of carbonyl (C=O) groups is 1. The van der Waals surface area contributed by atoms with Crippen LogP contribution in [0.4, 0.5) is 0 Å². The van der Waals surface area contributed by atoms with Crippen LogP contribution in [0.2, 0.25) is 0 Å². The maximum absolute atomic E-state index is 13.2. The van der Waals surface area contributed by atoms with Gasteiger partial charge in [0.1, 0.15) is 0 Å². The molecule has 0 spiro atoms. The number of benzene rings is 1. The second kappa shape index (κ2) is 8.77. The molecule has 2 aromatic rings. The molecule has 0 bridgehead atoms. The lowest BCUT2D eigenvalue weighted by atomic mass is 9.86. The molecule has 0 saturated heterocycles. The van der Waals surface area contributed by atoms with E-state index in [0.717, 1.165) is 54.4 Å². The van der Waals surface area contributed by atoms with Gasteiger partial charge in [-0.15, -0.1) is 11.3 Å². The van der Waals surface area contributed by atoms with E-state index in [-0.39, 0.29) is 11.3 Å². The fraction of sp³-hybridized carbons (Fsp3) is 0.583. The molecule has 4 heteroatoms. The minimum absolute atomic E-state index is 0.0769. The topological polar surface area (TPSA) is 37.4 Å². The van der Waals surface area contributed by atoms with Gasteiger partial charge in [-0.25, -0.2) is 0 Å². The maximum Gasteiger partial charge on any atom is 0.253 e. The highest BCUT2D eigenvalue weighted by atomic mass is 32.1. The average molecular weight is 400 g/mol. The lowest BCUT2D eigenvalue weighted by molar-refractivity contribution is 0.0715. The third-order valence-corrected chi connectivity index (χ3v) is 6.85. The van der Waals surface area contributed by atoms with Gasteiger partial charge in [0.2, 0.25) is 0 Å². The highest BCUT2D eigenvalue weighted by Crippen LogP contribution is 2.32. The predicted octanol–water partition coefficient (Wildman–Crippen LogP) is 5.53. The second-order valence-electron chi connectivity index (χ2n) is 9.06. The molecule has 0 aliphatic heterocycles. The number of amides is 1. The van der Waals surface area contributed by atoms with Crippen molar-refractivity contribution >= 4 is 27.3 Å². The molecule has 1 unspecified atom stereocenters. The summed E-state index contributed by atoms with van der Waals surface area (Å²) < 4.78 is 0.959. The SMILES string of the molecule is CCC1CCc2c(sc3cc(C(=O)N(CC(C)C)CC(C)C)ccc3c2=O)C1. The molecule has 3 nitrogen and oxygen atoms in total. The Bertz CT molecular complexity index is 903. The standard InChI is InChI=1S/C24H33NO2S/c1-6-17-7-9-19-21(11-17)28-22-12-18(8-10-20(22)23(19)26)24(27)25(13-15(2)3)14-16(4)5/h8,10,12,15-17H,6-7,9,11,13-14H2,1-5H3. The van der Waals surface area contributed by atoms with Crippen molar-refractivity contribution in [2.75, 3.05) is 13.1 Å². The van der Waals surface area contributed by atoms with Crippen molar-refractivity contribution in [3.63, 3.8) is 0 Å². The lowest BCUT2D eigenvalue weighted by Crippen LogP contribution is -2.37. The Morgan fingerprint density at radius 3 is 2.46 bits per heavy atom. The molecule has 1 heterocycles. The van der Waals surface area contributed by atoms with Crippen LogP contribution < -0.4 is 5.43 Å². The van der Waals surface area contributed by atoms with E-state index >= 15 is 0 Å². The summed E-state index contributed by atoms with van der Waals surface area (Å²) in [6.45, 7) is 12.3. The molecular formula is C24H33NO2S. The van der Waals surface area contributed by atoms with Gasteiger partial charge in [-0.1, -0.05) is 41.0 Å². The molecule has 1 atom stereocenters. The number of hydrogen-bond acceptors (Lipinski definition) is 3. The highest BCUT2D eigenvalue weighted by Gasteiger charge is 2.23. The zero-order valence-corrected chi connectivity index (χ0v) is 18.7. The van der Waals surface area contributed by atoms with Gasteiger partial charge in [0.05, 0.1) is 0 Å². The zero-order valence-electron chi connectivity index (χ0n) is 17.9. The second-order valence-corrected chi connectivity index (χ2v) is 10.2. The number of rotatable bonds is 6. The van der Waals surface area contributed by atoms with Crippen molar-refractivity contribution in [2.24, 2.45) is 17.8 Å². The monoisotopic (exact) mass is 399 g/mol. The van der Waals surface area contributed by atoms with Gasteiger partial charge in [0.25, 0.3) is 5.91 Å². The first-order chi connectivity index (χ1) is 13.3. The quantitative estimate of drug-likeness (QED) is 0.640. The third kappa shape index (κ3) is 4.48. The van der Waals surface area contributed by atoms with Gasteiger partial charge in [0.15, 0.2) is 5.43 Å². The zero-order chi connectivity index (χ0) is 20.4. The maximum atomic E-state index is 13.2. The van der Waals surface area contributed by atoms with Gasteiger partial charge in [-0.3, -0.25) is 9.59 Å². The van der Waals surface area contributed by atoms with Crippen LogP contribution in [0.5, 0.6) is 0 Å². The average Bonchev–Trinajstić information content (AvgIpc) is 2.65. The molecule has 1 aliphatic carbocycles. The minimum atomic E-state index is 0.0769. The molecule has 152 valence electrons. The van der Waals surface area contributed by atoms with E-state index in [4.69, 9.17) is 0 Å². The van der Waals surface area contributed by atoms with E-state index in [2.05, 4.69) is 34.6 Å². The van der Waals surface area contributed by atoms with Crippen LogP contribution in [-0.2, 0) is 12.8 Å². The smallest absolute Gasteiger partial charge is 0.253 e. The third-order valence-electron chi connectivity index (χ3n) is 5.63. The Morgan fingerprint density at radius 2 is 1.86 bits per heavy atom. The Labute approximate surface area is 172 Å². The summed E-state index contributed by atoms with van der Waals surface area (Å²) in [6.07, 6.45) is 4.19. The number of nitrogens with zero attached hydrogens (tertiary/aromatic N) is 1. The predicted molar refractivity (Wildman–Crippen MR) is 119 cm³/mol. The molecule has 3 rings (SSSR count). The van der Waals surface area contributed by atoms with E-state index in [1.165, 1.54) is 4.88 Å². The molecule has 0 radical (unpaired) electrons. The Morgan fingerprint density at radius 1 is 1.18 bits per heavy atom. The van der Waals surface area contributed by atoms with E-state index in [9.17, 15) is 9.59 Å². The first-order valence-electron chi connectivity index (χ1n) is 10.7. The fourth-order valence-electron chi connectivity index (χ4n) is 4.19. The van der Waals surface area contributed by atoms with Crippen LogP contribution in [0.15, 0.2) is 23.0 Å². The van der Waals surface area contributed by atoms with Crippen molar-refractivity contribution in [1.29, 1.82) is 0 Å². The van der Waals surface area contributed by atoms with Gasteiger partial charge in [0, 0.05) is 39.2 Å². The lowest BCUT2D eigenvalue weighted by Gasteiger charge is -2.26. The Hall–Kier alpha value is -1.68. The van der Waals surface area contributed by atoms with E-state index in [1.807, 2.05) is 23.1 Å². The van der Waals surface area contributed by atoms with Crippen LogP contribution in [0, 0.1) is 17.8 Å². The van der Waals surface area contributed by atoms with Crippen LogP contribution >= 0.6 is 11.3 Å². The summed E-state index contributed by atoms with van der Waals surface area (Å²) in [5, 5.41) is 0.773. The summed E-state index contributed by atoms with van der Waals surface area (Å²) in [4.78, 5) is 29.4. The van der Waals surface area contributed by atoms with E-state index in [1.54, 1.807) is 11.3 Å².